The fraction of sp³-hybridized carbons (Fsp3) is 0.667. The average molecular weight is 313 g/mol. The van der Waals surface area contributed by atoms with Crippen LogP contribution in [-0.2, 0) is 11.0 Å². The van der Waals surface area contributed by atoms with Crippen molar-refractivity contribution in [3.8, 4) is 0 Å². The Morgan fingerprint density at radius 1 is 1.60 bits per heavy atom. The van der Waals surface area contributed by atoms with Crippen molar-refractivity contribution in [2.45, 2.75) is 25.5 Å². The Morgan fingerprint density at radius 3 is 2.67 bits per heavy atom. The lowest BCUT2D eigenvalue weighted by Crippen LogP contribution is -2.33. The summed E-state index contributed by atoms with van der Waals surface area (Å²) in [5, 5.41) is 0. The topological polar surface area (TPSA) is 41.5 Å². The number of nitrogens with one attached hydrogen (secondary N) is 1. The molecular weight excluding hydrogens is 296 g/mol. The van der Waals surface area contributed by atoms with Gasteiger partial charge in [-0.05, 0) is 43.0 Å². The first-order valence-electron chi connectivity index (χ1n) is 4.45. The molecule has 0 aliphatic carbocycles. The molecule has 0 aliphatic heterocycles. The van der Waals surface area contributed by atoms with E-state index in [9.17, 15) is 4.21 Å². The zero-order valence-electron chi connectivity index (χ0n) is 9.41. The molecule has 0 aliphatic rings. The van der Waals surface area contributed by atoms with Crippen molar-refractivity contribution >= 4 is 42.6 Å². The van der Waals surface area contributed by atoms with E-state index in [0.717, 1.165) is 3.95 Å². The lowest BCUT2D eigenvalue weighted by molar-refractivity contribution is 0.639. The Hall–Kier alpha value is 0.350. The van der Waals surface area contributed by atoms with Gasteiger partial charge in [-0.2, -0.15) is 0 Å². The number of thioether (sulfide) groups is 1. The molecule has 3 nitrogen and oxygen atoms in total. The van der Waals surface area contributed by atoms with Crippen LogP contribution in [0, 0.1) is 0 Å². The molecule has 88 valence electrons. The summed E-state index contributed by atoms with van der Waals surface area (Å²) in [4.78, 5) is 4.08. The van der Waals surface area contributed by atoms with Crippen molar-refractivity contribution in [2.24, 2.45) is 4.99 Å². The van der Waals surface area contributed by atoms with Crippen molar-refractivity contribution in [2.75, 3.05) is 12.8 Å². The fourth-order valence-corrected chi connectivity index (χ4v) is 1.52. The fourth-order valence-electron chi connectivity index (χ4n) is 0.557. The first-order chi connectivity index (χ1) is 6.88. The Labute approximate surface area is 107 Å². The number of nitrogens with zero attached hydrogens (tertiary/aromatic N) is 1. The molecule has 1 unspecified atom stereocenters. The van der Waals surface area contributed by atoms with E-state index >= 15 is 0 Å². The van der Waals surface area contributed by atoms with Crippen molar-refractivity contribution in [3.63, 3.8) is 0 Å². The summed E-state index contributed by atoms with van der Waals surface area (Å²) in [6.45, 7) is 6.36. The second-order valence-corrected chi connectivity index (χ2v) is 7.82. The molecule has 0 saturated heterocycles. The molecule has 0 aromatic rings. The molecule has 0 rings (SSSR count). The van der Waals surface area contributed by atoms with Gasteiger partial charge in [0.1, 0.15) is 3.95 Å². The third-order valence-corrected chi connectivity index (χ3v) is 4.50. The van der Waals surface area contributed by atoms with Gasteiger partial charge in [0, 0.05) is 12.7 Å². The van der Waals surface area contributed by atoms with Crippen LogP contribution >= 0.6 is 27.7 Å². The van der Waals surface area contributed by atoms with Crippen molar-refractivity contribution in [1.82, 2.24) is 4.72 Å². The molecule has 0 fully saturated rings. The van der Waals surface area contributed by atoms with Gasteiger partial charge in [0.25, 0.3) is 0 Å². The molecule has 1 atom stereocenters. The molecule has 1 N–H and O–H groups in total. The maximum atomic E-state index is 11.5. The van der Waals surface area contributed by atoms with Crippen LogP contribution in [0.4, 0.5) is 0 Å². The average Bonchev–Trinajstić information content (AvgIpc) is 2.15. The zero-order valence-corrected chi connectivity index (χ0v) is 12.6. The van der Waals surface area contributed by atoms with Gasteiger partial charge < -0.3 is 0 Å². The minimum Gasteiger partial charge on any atom is -0.243 e. The molecule has 0 heterocycles. The minimum atomic E-state index is -1.02. The van der Waals surface area contributed by atoms with Gasteiger partial charge in [-0.25, -0.2) is 13.9 Å². The van der Waals surface area contributed by atoms with Crippen molar-refractivity contribution in [3.05, 3.63) is 12.3 Å². The summed E-state index contributed by atoms with van der Waals surface area (Å²) in [7, 11) is -1.02. The summed E-state index contributed by atoms with van der Waals surface area (Å²) < 4.78 is 15.0. The molecular formula is C9H17BrN2OS2. The third kappa shape index (κ3) is 8.19. The Kier molecular flexibility index (Phi) is 7.77. The normalized spacial score (nSPS) is 15.9. The van der Waals surface area contributed by atoms with Crippen LogP contribution in [0.5, 0.6) is 0 Å². The number of rotatable bonds is 4. The first-order valence-corrected chi connectivity index (χ1v) is 7.62. The highest BCUT2D eigenvalue weighted by Gasteiger charge is 2.17. The van der Waals surface area contributed by atoms with Gasteiger partial charge in [-0.3, -0.25) is 0 Å². The van der Waals surface area contributed by atoms with E-state index in [0.29, 0.717) is 6.54 Å². The van der Waals surface area contributed by atoms with Gasteiger partial charge in [0.15, 0.2) is 0 Å². The van der Waals surface area contributed by atoms with Crippen LogP contribution < -0.4 is 4.72 Å². The third-order valence-electron chi connectivity index (χ3n) is 1.34. The Morgan fingerprint density at radius 2 is 2.20 bits per heavy atom. The van der Waals surface area contributed by atoms with E-state index in [4.69, 9.17) is 0 Å². The lowest BCUT2D eigenvalue weighted by atomic mass is 10.3. The summed E-state index contributed by atoms with van der Waals surface area (Å²) in [6, 6.07) is 0. The smallest absolute Gasteiger partial charge is 0.138 e. The SMILES string of the molecule is CSC(Br)=N/C=C/CNS(=O)C(C)(C)C. The van der Waals surface area contributed by atoms with E-state index in [1.807, 2.05) is 33.1 Å². The van der Waals surface area contributed by atoms with Crippen LogP contribution in [0.25, 0.3) is 0 Å². The minimum absolute atomic E-state index is 0.225. The Balaban J connectivity index is 3.86. The maximum Gasteiger partial charge on any atom is 0.138 e. The van der Waals surface area contributed by atoms with E-state index in [1.165, 1.54) is 11.8 Å². The van der Waals surface area contributed by atoms with E-state index in [-0.39, 0.29) is 4.75 Å². The maximum absolute atomic E-state index is 11.5. The van der Waals surface area contributed by atoms with Crippen LogP contribution in [-0.4, -0.2) is 25.7 Å². The molecule has 0 spiro atoms. The standard InChI is InChI=1S/C9H17BrN2OS2/c1-9(2,3)15(13)12-7-5-6-11-8(10)14-4/h5-6,12H,7H2,1-4H3/b6-5+,11-8?. The summed E-state index contributed by atoms with van der Waals surface area (Å²) in [5.41, 5.74) is 0. The van der Waals surface area contributed by atoms with Crippen LogP contribution in [0.2, 0.25) is 0 Å². The molecule has 0 amide bonds. The zero-order chi connectivity index (χ0) is 11.9. The van der Waals surface area contributed by atoms with Gasteiger partial charge in [-0.1, -0.05) is 6.08 Å². The molecule has 0 aromatic heterocycles. The number of halogens is 1. The molecule has 0 saturated carbocycles. The van der Waals surface area contributed by atoms with Gasteiger partial charge in [0.2, 0.25) is 0 Å². The highest BCUT2D eigenvalue weighted by atomic mass is 79.9. The molecule has 0 aromatic carbocycles. The first kappa shape index (κ1) is 15.3. The summed E-state index contributed by atoms with van der Waals surface area (Å²) in [5.74, 6) is 0. The van der Waals surface area contributed by atoms with Gasteiger partial charge in [-0.15, -0.1) is 11.8 Å². The van der Waals surface area contributed by atoms with Gasteiger partial charge in [0.05, 0.1) is 15.7 Å². The predicted octanol–water partition coefficient (Wildman–Crippen LogP) is 2.67. The van der Waals surface area contributed by atoms with Crippen LogP contribution in [0.1, 0.15) is 20.8 Å². The molecule has 6 heteroatoms. The quantitative estimate of drug-likeness (QED) is 0.640. The van der Waals surface area contributed by atoms with Crippen LogP contribution in [0.15, 0.2) is 17.3 Å². The van der Waals surface area contributed by atoms with E-state index in [1.54, 1.807) is 6.20 Å². The van der Waals surface area contributed by atoms with E-state index in [2.05, 4.69) is 25.6 Å². The second kappa shape index (κ2) is 7.60. The lowest BCUT2D eigenvalue weighted by Gasteiger charge is -2.16. The molecule has 0 bridgehead atoms. The highest BCUT2D eigenvalue weighted by Crippen LogP contribution is 2.08. The van der Waals surface area contributed by atoms with Crippen LogP contribution in [0.3, 0.4) is 0 Å². The number of aliphatic imine (C=N–C) groups is 1. The highest BCUT2D eigenvalue weighted by molar-refractivity contribution is 9.22. The summed E-state index contributed by atoms with van der Waals surface area (Å²) >= 11 is 4.80. The number of hydrogen-bond acceptors (Lipinski definition) is 3. The second-order valence-electron chi connectivity index (χ2n) is 3.70. The summed E-state index contributed by atoms with van der Waals surface area (Å²) in [6.07, 6.45) is 5.46. The largest absolute Gasteiger partial charge is 0.243 e. The predicted molar refractivity (Wildman–Crippen MR) is 74.9 cm³/mol. The van der Waals surface area contributed by atoms with Crippen molar-refractivity contribution in [1.29, 1.82) is 0 Å². The number of hydrogen-bond donors (Lipinski definition) is 1. The van der Waals surface area contributed by atoms with Crippen molar-refractivity contribution < 1.29 is 4.21 Å². The van der Waals surface area contributed by atoms with Gasteiger partial charge >= 0.3 is 0 Å². The van der Waals surface area contributed by atoms with E-state index < -0.39 is 11.0 Å². The molecule has 0 radical (unpaired) electrons. The molecule has 15 heavy (non-hydrogen) atoms. The Bertz CT molecular complexity index is 272. The monoisotopic (exact) mass is 312 g/mol.